The van der Waals surface area contributed by atoms with E-state index in [0.29, 0.717) is 13.0 Å². The molecule has 0 unspecified atom stereocenters. The molecular formula is C32H41N5O7. The second kappa shape index (κ2) is 16.8. The lowest BCUT2D eigenvalue weighted by atomic mass is 10.0. The van der Waals surface area contributed by atoms with Gasteiger partial charge in [0.1, 0.15) is 17.8 Å². The third kappa shape index (κ3) is 11.2. The van der Waals surface area contributed by atoms with Crippen LogP contribution in [0.1, 0.15) is 31.4 Å². The second-order valence-electron chi connectivity index (χ2n) is 11.1. The SMILES string of the molecule is CC(C)C[C@H](NC(=O)[C@H](Cc1ccccc1)NC(=O)CNC(=O)CN1C/C=C\CN[C@@H](Cc2ccc(O)cc2)C1=O)C(=O)O. The number of rotatable bonds is 14. The van der Waals surface area contributed by atoms with E-state index in [1.54, 1.807) is 54.6 Å². The minimum Gasteiger partial charge on any atom is -0.508 e. The van der Waals surface area contributed by atoms with Crippen molar-refractivity contribution in [3.63, 3.8) is 0 Å². The van der Waals surface area contributed by atoms with Crippen LogP contribution in [0.4, 0.5) is 0 Å². The van der Waals surface area contributed by atoms with Gasteiger partial charge in [-0.2, -0.15) is 0 Å². The summed E-state index contributed by atoms with van der Waals surface area (Å²) in [5.41, 5.74) is 1.60. The monoisotopic (exact) mass is 607 g/mol. The van der Waals surface area contributed by atoms with Crippen LogP contribution in [-0.4, -0.2) is 89.0 Å². The fraction of sp³-hybridized carbons (Fsp3) is 0.406. The largest absolute Gasteiger partial charge is 0.508 e. The number of phenolic OH excluding ortho intramolecular Hbond substituents is 1. The average molecular weight is 608 g/mol. The van der Waals surface area contributed by atoms with Crippen LogP contribution in [0.25, 0.3) is 0 Å². The highest BCUT2D eigenvalue weighted by Crippen LogP contribution is 2.13. The Morgan fingerprint density at radius 1 is 0.932 bits per heavy atom. The smallest absolute Gasteiger partial charge is 0.326 e. The van der Waals surface area contributed by atoms with Crippen molar-refractivity contribution in [2.75, 3.05) is 26.2 Å². The summed E-state index contributed by atoms with van der Waals surface area (Å²) in [5.74, 6) is -3.16. The van der Waals surface area contributed by atoms with Crippen LogP contribution >= 0.6 is 0 Å². The van der Waals surface area contributed by atoms with Crippen LogP contribution in [0.5, 0.6) is 5.75 Å². The third-order valence-electron chi connectivity index (χ3n) is 7.00. The highest BCUT2D eigenvalue weighted by molar-refractivity contribution is 5.93. The molecule has 0 saturated heterocycles. The van der Waals surface area contributed by atoms with Crippen molar-refractivity contribution >= 4 is 29.6 Å². The van der Waals surface area contributed by atoms with Gasteiger partial charge in [0.25, 0.3) is 0 Å². The lowest BCUT2D eigenvalue weighted by Gasteiger charge is -2.28. The van der Waals surface area contributed by atoms with Crippen LogP contribution in [0.15, 0.2) is 66.7 Å². The molecule has 0 aliphatic carbocycles. The Kier molecular flexibility index (Phi) is 12.9. The summed E-state index contributed by atoms with van der Waals surface area (Å²) in [6.07, 6.45) is 4.34. The van der Waals surface area contributed by atoms with Gasteiger partial charge < -0.3 is 36.4 Å². The molecule has 4 amide bonds. The maximum atomic E-state index is 13.3. The minimum absolute atomic E-state index is 0.0172. The molecule has 0 bridgehead atoms. The van der Waals surface area contributed by atoms with E-state index in [1.807, 2.05) is 26.0 Å². The van der Waals surface area contributed by atoms with Crippen molar-refractivity contribution in [1.82, 2.24) is 26.2 Å². The van der Waals surface area contributed by atoms with Gasteiger partial charge in [-0.25, -0.2) is 4.79 Å². The van der Waals surface area contributed by atoms with Gasteiger partial charge in [-0.1, -0.05) is 68.5 Å². The molecule has 3 rings (SSSR count). The number of carbonyl (C=O) groups excluding carboxylic acids is 4. The summed E-state index contributed by atoms with van der Waals surface area (Å²) in [6.45, 7) is 3.66. The van der Waals surface area contributed by atoms with Crippen molar-refractivity contribution in [2.45, 2.75) is 51.2 Å². The second-order valence-corrected chi connectivity index (χ2v) is 11.1. The first-order chi connectivity index (χ1) is 21.0. The fourth-order valence-corrected chi connectivity index (χ4v) is 4.74. The molecule has 12 nitrogen and oxygen atoms in total. The molecule has 6 N–H and O–H groups in total. The number of carbonyl (C=O) groups is 5. The first-order valence-corrected chi connectivity index (χ1v) is 14.6. The van der Waals surface area contributed by atoms with E-state index in [0.717, 1.165) is 11.1 Å². The molecule has 0 saturated carbocycles. The zero-order valence-corrected chi connectivity index (χ0v) is 25.0. The van der Waals surface area contributed by atoms with Gasteiger partial charge in [-0.15, -0.1) is 0 Å². The molecule has 44 heavy (non-hydrogen) atoms. The standard InChI is InChI=1S/C32H41N5O7/c1-21(2)16-27(32(43)44)36-30(41)25(17-22-8-4-3-5-9-22)35-28(39)19-34-29(40)20-37-15-7-6-14-33-26(31(37)42)18-23-10-12-24(38)13-11-23/h3-13,21,25-27,33,38H,14-20H2,1-2H3,(H,34,40)(H,35,39)(H,36,41)(H,43,44)/b7-6-/t25-,26-,27-/m0/s1. The zero-order valence-electron chi connectivity index (χ0n) is 25.0. The van der Waals surface area contributed by atoms with Crippen molar-refractivity contribution in [1.29, 1.82) is 0 Å². The highest BCUT2D eigenvalue weighted by atomic mass is 16.4. The first kappa shape index (κ1) is 33.8. The number of aliphatic carboxylic acids is 1. The van der Waals surface area contributed by atoms with Gasteiger partial charge in [-0.3, -0.25) is 19.2 Å². The van der Waals surface area contributed by atoms with Crippen LogP contribution in [0, 0.1) is 5.92 Å². The van der Waals surface area contributed by atoms with E-state index in [1.165, 1.54) is 4.90 Å². The number of benzene rings is 2. The predicted octanol–water partition coefficient (Wildman–Crippen LogP) is 0.751. The maximum absolute atomic E-state index is 13.3. The predicted molar refractivity (Wildman–Crippen MR) is 163 cm³/mol. The number of amides is 4. The van der Waals surface area contributed by atoms with E-state index < -0.39 is 48.4 Å². The molecule has 1 heterocycles. The molecule has 0 fully saturated rings. The third-order valence-corrected chi connectivity index (χ3v) is 7.00. The number of nitrogens with zero attached hydrogens (tertiary/aromatic N) is 1. The van der Waals surface area contributed by atoms with Crippen molar-refractivity contribution in [3.8, 4) is 5.75 Å². The van der Waals surface area contributed by atoms with Crippen LogP contribution in [-0.2, 0) is 36.8 Å². The summed E-state index contributed by atoms with van der Waals surface area (Å²) >= 11 is 0. The molecule has 1 aliphatic rings. The molecule has 1 aliphatic heterocycles. The summed E-state index contributed by atoms with van der Waals surface area (Å²) in [6, 6.07) is 12.7. The molecule has 236 valence electrons. The van der Waals surface area contributed by atoms with E-state index >= 15 is 0 Å². The molecule has 0 radical (unpaired) electrons. The van der Waals surface area contributed by atoms with E-state index in [-0.39, 0.29) is 43.5 Å². The van der Waals surface area contributed by atoms with Crippen LogP contribution < -0.4 is 21.3 Å². The van der Waals surface area contributed by atoms with E-state index in [2.05, 4.69) is 21.3 Å². The van der Waals surface area contributed by atoms with Crippen LogP contribution in [0.2, 0.25) is 0 Å². The maximum Gasteiger partial charge on any atom is 0.326 e. The molecule has 3 atom stereocenters. The molecule has 12 heteroatoms. The topological polar surface area (TPSA) is 177 Å². The molecule has 2 aromatic rings. The Bertz CT molecular complexity index is 1310. The average Bonchev–Trinajstić information content (AvgIpc) is 2.98. The summed E-state index contributed by atoms with van der Waals surface area (Å²) in [7, 11) is 0. The normalized spacial score (nSPS) is 17.1. The summed E-state index contributed by atoms with van der Waals surface area (Å²) in [4.78, 5) is 65.1. The van der Waals surface area contributed by atoms with Gasteiger partial charge in [0.15, 0.2) is 0 Å². The lowest BCUT2D eigenvalue weighted by molar-refractivity contribution is -0.142. The Hall–Kier alpha value is -4.71. The van der Waals surface area contributed by atoms with Gasteiger partial charge >= 0.3 is 5.97 Å². The van der Waals surface area contributed by atoms with Gasteiger partial charge in [0.2, 0.25) is 23.6 Å². The molecule has 0 aromatic heterocycles. The Morgan fingerprint density at radius 2 is 1.64 bits per heavy atom. The van der Waals surface area contributed by atoms with Crippen molar-refractivity contribution < 1.29 is 34.2 Å². The van der Waals surface area contributed by atoms with Crippen molar-refractivity contribution in [2.24, 2.45) is 5.92 Å². The van der Waals surface area contributed by atoms with E-state index in [9.17, 15) is 34.2 Å². The fourth-order valence-electron chi connectivity index (χ4n) is 4.74. The van der Waals surface area contributed by atoms with Crippen molar-refractivity contribution in [3.05, 3.63) is 77.9 Å². The Labute approximate surface area is 256 Å². The summed E-state index contributed by atoms with van der Waals surface area (Å²) < 4.78 is 0. The Balaban J connectivity index is 1.60. The number of nitrogens with one attached hydrogen (secondary N) is 4. The number of hydrogen-bond acceptors (Lipinski definition) is 7. The Morgan fingerprint density at radius 3 is 2.30 bits per heavy atom. The number of phenols is 1. The lowest BCUT2D eigenvalue weighted by Crippen LogP contribution is -2.55. The number of hydrogen-bond donors (Lipinski definition) is 6. The number of carboxylic acids is 1. The minimum atomic E-state index is -1.17. The van der Waals surface area contributed by atoms with Crippen LogP contribution in [0.3, 0.4) is 0 Å². The number of aromatic hydroxyl groups is 1. The molecule has 0 spiro atoms. The molecular weight excluding hydrogens is 566 g/mol. The van der Waals surface area contributed by atoms with Gasteiger partial charge in [0, 0.05) is 19.5 Å². The summed E-state index contributed by atoms with van der Waals surface area (Å²) in [5, 5.41) is 29.9. The zero-order chi connectivity index (χ0) is 32.1. The van der Waals surface area contributed by atoms with E-state index in [4.69, 9.17) is 0 Å². The number of carboxylic acid groups (broad SMARTS) is 1. The highest BCUT2D eigenvalue weighted by Gasteiger charge is 2.29. The first-order valence-electron chi connectivity index (χ1n) is 14.6. The van der Waals surface area contributed by atoms with Gasteiger partial charge in [0.05, 0.1) is 19.1 Å². The van der Waals surface area contributed by atoms with Gasteiger partial charge in [-0.05, 0) is 42.0 Å². The quantitative estimate of drug-likeness (QED) is 0.171. The molecule has 2 aromatic carbocycles.